The van der Waals surface area contributed by atoms with Gasteiger partial charge in [0, 0.05) is 12.0 Å². The number of rotatable bonds is 4. The zero-order valence-corrected chi connectivity index (χ0v) is 21.5. The molecule has 0 spiro atoms. The first-order valence-corrected chi connectivity index (χ1v) is 14.3. The molecule has 5 saturated carbocycles. The molecule has 5 nitrogen and oxygen atoms in total. The first-order chi connectivity index (χ1) is 16.9. The van der Waals surface area contributed by atoms with Gasteiger partial charge in [0.15, 0.2) is 11.5 Å². The molecule has 1 aromatic rings. The van der Waals surface area contributed by atoms with Crippen molar-refractivity contribution in [2.45, 2.75) is 91.0 Å². The Morgan fingerprint density at radius 1 is 1.00 bits per heavy atom. The topological polar surface area (TPSA) is 82.5 Å². The van der Waals surface area contributed by atoms with Crippen LogP contribution in [-0.4, -0.2) is 15.6 Å². The maximum Gasteiger partial charge on any atom is 0.163 e. The van der Waals surface area contributed by atoms with Crippen molar-refractivity contribution < 1.29 is 4.79 Å². The second kappa shape index (κ2) is 8.76. The number of Topliss-reactive ketones (excluding diaryl/α,β-unsaturated/α-hetero) is 1. The molecule has 9 atom stereocenters. The number of nitriles is 2. The molecule has 0 N–H and O–H groups in total. The predicted octanol–water partition coefficient (Wildman–Crippen LogP) is 6.13. The zero-order chi connectivity index (χ0) is 24.3. The molecule has 5 fully saturated rings. The second-order valence-corrected chi connectivity index (χ2v) is 13.2. The van der Waals surface area contributed by atoms with E-state index in [2.05, 4.69) is 25.0 Å². The number of hydrogen-bond acceptors (Lipinski definition) is 4. The minimum atomic E-state index is 0.0597. The standard InChI is InChI=1S/C30H40N4O/c1-18-6-8-23-20(12-18)7-9-25-24(23)10-11-30(2)27(14-26(29(25)30)19-4-3-5-19)28(35)17-34-22(16-32)13-21(15-31)33-34/h13,18-20,23-27,29H,3-12,14,17H2,1-2H3/t18-,20+,23-,24+,25+,26-,27+,29?,30+/m0/s1. The molecule has 0 bridgehead atoms. The number of ketones is 1. The van der Waals surface area contributed by atoms with E-state index in [1.54, 1.807) is 0 Å². The van der Waals surface area contributed by atoms with Gasteiger partial charge in [-0.25, -0.2) is 4.68 Å². The van der Waals surface area contributed by atoms with Gasteiger partial charge in [-0.3, -0.25) is 4.79 Å². The van der Waals surface area contributed by atoms with Gasteiger partial charge in [-0.2, -0.15) is 15.6 Å². The summed E-state index contributed by atoms with van der Waals surface area (Å²) in [7, 11) is 0. The highest BCUT2D eigenvalue weighted by Crippen LogP contribution is 2.68. The lowest BCUT2D eigenvalue weighted by Crippen LogP contribution is -2.51. The van der Waals surface area contributed by atoms with Crippen LogP contribution in [0.2, 0.25) is 0 Å². The van der Waals surface area contributed by atoms with Crippen molar-refractivity contribution in [3.63, 3.8) is 0 Å². The van der Waals surface area contributed by atoms with Crippen LogP contribution < -0.4 is 0 Å². The van der Waals surface area contributed by atoms with Gasteiger partial charge in [-0.15, -0.1) is 0 Å². The molecular weight excluding hydrogens is 432 g/mol. The quantitative estimate of drug-likeness (QED) is 0.528. The van der Waals surface area contributed by atoms with Gasteiger partial charge in [0.1, 0.15) is 24.4 Å². The largest absolute Gasteiger partial charge is 0.297 e. The highest BCUT2D eigenvalue weighted by atomic mass is 16.1. The number of carbonyl (C=O) groups is 1. The molecule has 5 aliphatic rings. The molecule has 1 aromatic heterocycles. The minimum absolute atomic E-state index is 0.0597. The molecular formula is C30H40N4O. The number of nitrogens with zero attached hydrogens (tertiary/aromatic N) is 4. The summed E-state index contributed by atoms with van der Waals surface area (Å²) in [5.41, 5.74) is 0.612. The highest BCUT2D eigenvalue weighted by Gasteiger charge is 2.62. The summed E-state index contributed by atoms with van der Waals surface area (Å²) < 4.78 is 1.48. The Hall–Kier alpha value is -2.14. The zero-order valence-electron chi connectivity index (χ0n) is 21.5. The number of carbonyl (C=O) groups excluding carboxylic acids is 1. The summed E-state index contributed by atoms with van der Waals surface area (Å²) in [4.78, 5) is 13.9. The molecule has 186 valence electrons. The van der Waals surface area contributed by atoms with Crippen LogP contribution in [0.3, 0.4) is 0 Å². The molecule has 35 heavy (non-hydrogen) atoms. The van der Waals surface area contributed by atoms with Gasteiger partial charge < -0.3 is 0 Å². The monoisotopic (exact) mass is 472 g/mol. The van der Waals surface area contributed by atoms with Crippen LogP contribution in [0.15, 0.2) is 6.07 Å². The molecule has 0 aromatic carbocycles. The Kier molecular flexibility index (Phi) is 5.82. The van der Waals surface area contributed by atoms with E-state index < -0.39 is 0 Å². The summed E-state index contributed by atoms with van der Waals surface area (Å²) in [6.45, 7) is 5.04. The first kappa shape index (κ1) is 23.3. The molecule has 5 heteroatoms. The fraction of sp³-hybridized carbons (Fsp3) is 0.800. The highest BCUT2D eigenvalue weighted by molar-refractivity contribution is 5.82. The Bertz CT molecular complexity index is 1070. The number of hydrogen-bond donors (Lipinski definition) is 0. The third-order valence-electron chi connectivity index (χ3n) is 11.7. The van der Waals surface area contributed by atoms with Crippen molar-refractivity contribution >= 4 is 5.78 Å². The molecule has 5 aliphatic carbocycles. The number of fused-ring (bicyclic) bond motifs is 5. The molecule has 6 rings (SSSR count). The van der Waals surface area contributed by atoms with E-state index in [9.17, 15) is 15.3 Å². The molecule has 1 unspecified atom stereocenters. The van der Waals surface area contributed by atoms with Crippen LogP contribution >= 0.6 is 0 Å². The van der Waals surface area contributed by atoms with Gasteiger partial charge >= 0.3 is 0 Å². The van der Waals surface area contributed by atoms with Gasteiger partial charge in [-0.05, 0) is 97.7 Å². The molecule has 0 amide bonds. The molecule has 0 saturated heterocycles. The normalized spacial score (nSPS) is 42.6. The van der Waals surface area contributed by atoms with Crippen LogP contribution in [0.4, 0.5) is 0 Å². The van der Waals surface area contributed by atoms with Crippen LogP contribution in [-0.2, 0) is 11.3 Å². The fourth-order valence-corrected chi connectivity index (χ4v) is 10.1. The van der Waals surface area contributed by atoms with E-state index in [0.717, 1.165) is 41.9 Å². The lowest BCUT2D eigenvalue weighted by atomic mass is 9.47. The third kappa shape index (κ3) is 3.68. The average Bonchev–Trinajstić information content (AvgIpc) is 3.35. The van der Waals surface area contributed by atoms with E-state index in [1.165, 1.54) is 75.0 Å². The van der Waals surface area contributed by atoms with Crippen molar-refractivity contribution in [3.05, 3.63) is 17.5 Å². The molecule has 0 aliphatic heterocycles. The smallest absolute Gasteiger partial charge is 0.163 e. The van der Waals surface area contributed by atoms with Crippen molar-refractivity contribution in [2.75, 3.05) is 0 Å². The Morgan fingerprint density at radius 3 is 2.51 bits per heavy atom. The third-order valence-corrected chi connectivity index (χ3v) is 11.7. The lowest BCUT2D eigenvalue weighted by molar-refractivity contribution is -0.132. The van der Waals surface area contributed by atoms with Crippen LogP contribution in [0.5, 0.6) is 0 Å². The van der Waals surface area contributed by atoms with E-state index in [0.29, 0.717) is 17.5 Å². The van der Waals surface area contributed by atoms with Gasteiger partial charge in [0.25, 0.3) is 0 Å². The van der Waals surface area contributed by atoms with E-state index >= 15 is 0 Å². The van der Waals surface area contributed by atoms with Crippen molar-refractivity contribution in [2.24, 2.45) is 58.7 Å². The van der Waals surface area contributed by atoms with Crippen LogP contribution in [0, 0.1) is 81.3 Å². The molecule has 0 radical (unpaired) electrons. The van der Waals surface area contributed by atoms with Crippen molar-refractivity contribution in [1.82, 2.24) is 9.78 Å². The van der Waals surface area contributed by atoms with Gasteiger partial charge in [0.2, 0.25) is 0 Å². The Labute approximate surface area is 210 Å². The van der Waals surface area contributed by atoms with Gasteiger partial charge in [0.05, 0.1) is 0 Å². The molecule has 1 heterocycles. The Morgan fingerprint density at radius 2 is 1.80 bits per heavy atom. The summed E-state index contributed by atoms with van der Waals surface area (Å²) in [5.74, 6) is 6.94. The fourth-order valence-electron chi connectivity index (χ4n) is 10.1. The van der Waals surface area contributed by atoms with E-state index in [4.69, 9.17) is 0 Å². The van der Waals surface area contributed by atoms with Crippen LogP contribution in [0.1, 0.15) is 95.9 Å². The summed E-state index contributed by atoms with van der Waals surface area (Å²) in [5, 5.41) is 23.0. The first-order valence-electron chi connectivity index (χ1n) is 14.3. The van der Waals surface area contributed by atoms with Crippen molar-refractivity contribution in [3.8, 4) is 12.1 Å². The van der Waals surface area contributed by atoms with Crippen molar-refractivity contribution in [1.29, 1.82) is 10.5 Å². The van der Waals surface area contributed by atoms with Gasteiger partial charge in [-0.1, -0.05) is 39.5 Å². The summed E-state index contributed by atoms with van der Waals surface area (Å²) in [6.07, 6.45) is 14.7. The summed E-state index contributed by atoms with van der Waals surface area (Å²) >= 11 is 0. The minimum Gasteiger partial charge on any atom is -0.297 e. The summed E-state index contributed by atoms with van der Waals surface area (Å²) in [6, 6.07) is 5.64. The predicted molar refractivity (Wildman–Crippen MR) is 133 cm³/mol. The number of aromatic nitrogens is 2. The van der Waals surface area contributed by atoms with E-state index in [1.807, 2.05) is 6.07 Å². The SMILES string of the molecule is C[C@H]1CC[C@H]2[C@H](CC[C@H]3C4[C@H](C5CCC5)C[C@H](C(=O)Cn5nc(C#N)cc5C#N)[C@@]4(C)CC[C@H]23)C1. The Balaban J connectivity index is 1.28. The average molecular weight is 473 g/mol. The van der Waals surface area contributed by atoms with E-state index in [-0.39, 0.29) is 29.4 Å². The van der Waals surface area contributed by atoms with Crippen LogP contribution in [0.25, 0.3) is 0 Å². The maximum atomic E-state index is 13.9. The maximum absolute atomic E-state index is 13.9. The lowest BCUT2D eigenvalue weighted by Gasteiger charge is -2.58. The second-order valence-electron chi connectivity index (χ2n) is 13.2.